The van der Waals surface area contributed by atoms with Crippen LogP contribution in [0.25, 0.3) is 0 Å². The zero-order chi connectivity index (χ0) is 10.2. The third-order valence-electron chi connectivity index (χ3n) is 5.81. The summed E-state index contributed by atoms with van der Waals surface area (Å²) in [6.07, 6.45) is 7.68. The first-order valence-corrected chi connectivity index (χ1v) is 6.38. The predicted molar refractivity (Wildman–Crippen MR) is 60.1 cm³/mol. The van der Waals surface area contributed by atoms with Gasteiger partial charge in [0.1, 0.15) is 0 Å². The van der Waals surface area contributed by atoms with Crippen molar-refractivity contribution in [1.29, 1.82) is 0 Å². The molecule has 4 saturated carbocycles. The Morgan fingerprint density at radius 3 is 1.79 bits per heavy atom. The van der Waals surface area contributed by atoms with Crippen molar-refractivity contribution in [3.63, 3.8) is 0 Å². The van der Waals surface area contributed by atoms with Crippen LogP contribution in [0.5, 0.6) is 0 Å². The lowest BCUT2D eigenvalue weighted by molar-refractivity contribution is 0.0462. The van der Waals surface area contributed by atoms with E-state index in [1.54, 1.807) is 12.8 Å². The van der Waals surface area contributed by atoms with E-state index < -0.39 is 0 Å². The Labute approximate surface area is 88.5 Å². The highest BCUT2D eigenvalue weighted by Crippen LogP contribution is 2.76. The summed E-state index contributed by atoms with van der Waals surface area (Å²) in [5.74, 6) is 1.99. The summed E-state index contributed by atoms with van der Waals surface area (Å²) in [5.41, 5.74) is 2.20. The van der Waals surface area contributed by atoms with Crippen LogP contribution in [0, 0.1) is 28.1 Å². The van der Waals surface area contributed by atoms with Crippen LogP contribution in [0.3, 0.4) is 0 Å². The van der Waals surface area contributed by atoms with Crippen molar-refractivity contribution >= 4 is 0 Å². The summed E-state index contributed by atoms with van der Waals surface area (Å²) in [6, 6.07) is 0. The van der Waals surface area contributed by atoms with Crippen molar-refractivity contribution in [3.8, 4) is 0 Å². The third kappa shape index (κ3) is 0.907. The van der Waals surface area contributed by atoms with Crippen LogP contribution in [0.15, 0.2) is 0 Å². The first-order chi connectivity index (χ1) is 6.38. The molecule has 0 aliphatic heterocycles. The van der Waals surface area contributed by atoms with Gasteiger partial charge in [-0.1, -0.05) is 27.7 Å². The summed E-state index contributed by atoms with van der Waals surface area (Å²) >= 11 is 0. The van der Waals surface area contributed by atoms with Crippen molar-refractivity contribution in [2.24, 2.45) is 28.1 Å². The molecule has 4 aliphatic rings. The topological polar surface area (TPSA) is 0 Å². The van der Waals surface area contributed by atoms with Gasteiger partial charge in [-0.05, 0) is 60.2 Å². The summed E-state index contributed by atoms with van der Waals surface area (Å²) in [7, 11) is 0. The second-order valence-corrected chi connectivity index (χ2v) is 7.64. The molecule has 0 amide bonds. The van der Waals surface area contributed by atoms with Gasteiger partial charge in [-0.2, -0.15) is 0 Å². The normalized spacial score (nSPS) is 60.2. The molecule has 2 unspecified atom stereocenters. The van der Waals surface area contributed by atoms with E-state index in [1.807, 2.05) is 0 Å². The van der Waals surface area contributed by atoms with Gasteiger partial charge in [-0.15, -0.1) is 0 Å². The molecule has 0 heteroatoms. The van der Waals surface area contributed by atoms with Crippen molar-refractivity contribution in [2.45, 2.75) is 59.8 Å². The lowest BCUT2D eigenvalue weighted by Crippen LogP contribution is -2.35. The molecule has 0 nitrogen and oxygen atoms in total. The minimum Gasteiger partial charge on any atom is -0.0622 e. The summed E-state index contributed by atoms with van der Waals surface area (Å²) in [4.78, 5) is 0. The molecule has 4 bridgehead atoms. The van der Waals surface area contributed by atoms with E-state index in [2.05, 4.69) is 27.7 Å². The fourth-order valence-corrected chi connectivity index (χ4v) is 5.93. The lowest BCUT2D eigenvalue weighted by atomic mass is 9.59. The number of hydrogen-bond donors (Lipinski definition) is 0. The Hall–Kier alpha value is 0. The Bertz CT molecular complexity index is 258. The SMILES string of the molecule is CC(C)C12CC3(C)CC1CC(C)(C3)C2. The molecule has 4 rings (SSSR count). The Balaban J connectivity index is 2.05. The molecule has 80 valence electrons. The maximum Gasteiger partial charge on any atom is -0.0235 e. The van der Waals surface area contributed by atoms with Gasteiger partial charge in [0.25, 0.3) is 0 Å². The monoisotopic (exact) mass is 192 g/mol. The fraction of sp³-hybridized carbons (Fsp3) is 1.00. The third-order valence-corrected chi connectivity index (χ3v) is 5.81. The first kappa shape index (κ1) is 9.24. The first-order valence-electron chi connectivity index (χ1n) is 6.38. The molecule has 0 spiro atoms. The van der Waals surface area contributed by atoms with Gasteiger partial charge >= 0.3 is 0 Å². The van der Waals surface area contributed by atoms with E-state index in [4.69, 9.17) is 0 Å². The molecular formula is C14H24. The second kappa shape index (κ2) is 2.23. The average Bonchev–Trinajstić information content (AvgIpc) is 2.28. The van der Waals surface area contributed by atoms with Gasteiger partial charge in [0.2, 0.25) is 0 Å². The number of rotatable bonds is 1. The van der Waals surface area contributed by atoms with Gasteiger partial charge in [-0.25, -0.2) is 0 Å². The molecule has 2 atom stereocenters. The van der Waals surface area contributed by atoms with Crippen LogP contribution in [0.2, 0.25) is 0 Å². The molecule has 4 aliphatic carbocycles. The molecule has 4 fully saturated rings. The molecular weight excluding hydrogens is 168 g/mol. The summed E-state index contributed by atoms with van der Waals surface area (Å²) in [6.45, 7) is 10.0. The van der Waals surface area contributed by atoms with E-state index in [0.29, 0.717) is 0 Å². The molecule has 0 radical (unpaired) electrons. The van der Waals surface area contributed by atoms with Crippen LogP contribution in [0.4, 0.5) is 0 Å². The van der Waals surface area contributed by atoms with Gasteiger partial charge in [0.15, 0.2) is 0 Å². The van der Waals surface area contributed by atoms with Crippen LogP contribution in [-0.4, -0.2) is 0 Å². The molecule has 0 heterocycles. The summed E-state index contributed by atoms with van der Waals surface area (Å²) in [5, 5.41) is 0. The highest BCUT2D eigenvalue weighted by Gasteiger charge is 2.66. The largest absolute Gasteiger partial charge is 0.0622 e. The highest BCUT2D eigenvalue weighted by molar-refractivity contribution is 5.16. The number of hydrogen-bond acceptors (Lipinski definition) is 0. The van der Waals surface area contributed by atoms with Crippen molar-refractivity contribution in [2.75, 3.05) is 0 Å². The summed E-state index contributed by atoms with van der Waals surface area (Å²) < 4.78 is 0. The minimum atomic E-state index is 0.722. The maximum absolute atomic E-state index is 2.56. The Kier molecular flexibility index (Phi) is 1.47. The minimum absolute atomic E-state index is 0.722. The molecule has 0 aromatic carbocycles. The van der Waals surface area contributed by atoms with Crippen molar-refractivity contribution in [1.82, 2.24) is 0 Å². The van der Waals surface area contributed by atoms with Crippen molar-refractivity contribution in [3.05, 3.63) is 0 Å². The van der Waals surface area contributed by atoms with Gasteiger partial charge in [-0.3, -0.25) is 0 Å². The lowest BCUT2D eigenvalue weighted by Gasteiger charge is -2.46. The second-order valence-electron chi connectivity index (χ2n) is 7.64. The van der Waals surface area contributed by atoms with Crippen LogP contribution in [-0.2, 0) is 0 Å². The zero-order valence-corrected chi connectivity index (χ0v) is 10.2. The van der Waals surface area contributed by atoms with E-state index >= 15 is 0 Å². The smallest absolute Gasteiger partial charge is 0.0235 e. The van der Waals surface area contributed by atoms with E-state index in [-0.39, 0.29) is 0 Å². The molecule has 0 aromatic heterocycles. The molecule has 0 aromatic rings. The average molecular weight is 192 g/mol. The fourth-order valence-electron chi connectivity index (χ4n) is 5.93. The van der Waals surface area contributed by atoms with Gasteiger partial charge < -0.3 is 0 Å². The quantitative estimate of drug-likeness (QED) is 0.582. The van der Waals surface area contributed by atoms with Crippen LogP contribution >= 0.6 is 0 Å². The maximum atomic E-state index is 2.56. The van der Waals surface area contributed by atoms with E-state index in [1.165, 1.54) is 19.3 Å². The Morgan fingerprint density at radius 2 is 1.43 bits per heavy atom. The van der Waals surface area contributed by atoms with Gasteiger partial charge in [0, 0.05) is 0 Å². The molecule has 0 N–H and O–H groups in total. The standard InChI is InChI=1S/C14H24/c1-10(2)14-8-12(3)5-11(14)6-13(4,7-12)9-14/h10-11H,5-9H2,1-4H3. The van der Waals surface area contributed by atoms with Crippen molar-refractivity contribution < 1.29 is 0 Å². The van der Waals surface area contributed by atoms with E-state index in [9.17, 15) is 0 Å². The Morgan fingerprint density at radius 1 is 0.929 bits per heavy atom. The zero-order valence-electron chi connectivity index (χ0n) is 10.2. The predicted octanol–water partition coefficient (Wildman–Crippen LogP) is 4.25. The van der Waals surface area contributed by atoms with E-state index in [0.717, 1.165) is 28.1 Å². The van der Waals surface area contributed by atoms with Crippen LogP contribution < -0.4 is 0 Å². The molecule has 14 heavy (non-hydrogen) atoms. The van der Waals surface area contributed by atoms with Gasteiger partial charge in [0.05, 0.1) is 0 Å². The molecule has 0 saturated heterocycles. The van der Waals surface area contributed by atoms with Crippen LogP contribution in [0.1, 0.15) is 59.8 Å². The highest BCUT2D eigenvalue weighted by atomic mass is 14.7.